The van der Waals surface area contributed by atoms with E-state index in [9.17, 15) is 0 Å². The van der Waals surface area contributed by atoms with Gasteiger partial charge in [-0.05, 0) is 17.9 Å². The lowest BCUT2D eigenvalue weighted by atomic mass is 9.99. The molecule has 2 atom stereocenters. The van der Waals surface area contributed by atoms with E-state index < -0.39 is 0 Å². The van der Waals surface area contributed by atoms with Crippen molar-refractivity contribution in [3.63, 3.8) is 0 Å². The molecule has 3 nitrogen and oxygen atoms in total. The normalized spacial score (nSPS) is 30.5. The monoisotopic (exact) mass is 254 g/mol. The molecule has 1 aliphatic rings. The van der Waals surface area contributed by atoms with Crippen LogP contribution in [0.5, 0.6) is 0 Å². The molecule has 1 saturated carbocycles. The Balaban J connectivity index is 1.96. The van der Waals surface area contributed by atoms with E-state index in [0.717, 1.165) is 19.7 Å². The molecule has 0 aliphatic heterocycles. The lowest BCUT2D eigenvalue weighted by molar-refractivity contribution is 0.198. The Labute approximate surface area is 108 Å². The number of hydrogen-bond donors (Lipinski definition) is 1. The summed E-state index contributed by atoms with van der Waals surface area (Å²) < 4.78 is 5.05. The minimum atomic E-state index is 0.237. The molecular weight excluding hydrogens is 232 g/mol. The maximum absolute atomic E-state index is 5.05. The predicted molar refractivity (Wildman–Crippen MR) is 71.5 cm³/mol. The van der Waals surface area contributed by atoms with Crippen molar-refractivity contribution in [2.75, 3.05) is 26.8 Å². The number of hydrogen-bond acceptors (Lipinski definition) is 4. The van der Waals surface area contributed by atoms with Gasteiger partial charge >= 0.3 is 0 Å². The highest BCUT2D eigenvalue weighted by atomic mass is 32.1. The lowest BCUT2D eigenvalue weighted by Gasteiger charge is -2.10. The molecule has 0 aromatic carbocycles. The van der Waals surface area contributed by atoms with Crippen molar-refractivity contribution in [3.05, 3.63) is 16.6 Å². The number of rotatable bonds is 6. The number of nitrogens with one attached hydrogen (secondary N) is 1. The Morgan fingerprint density at radius 1 is 1.47 bits per heavy atom. The molecule has 96 valence electrons. The van der Waals surface area contributed by atoms with E-state index in [-0.39, 0.29) is 5.41 Å². The molecule has 1 fully saturated rings. The largest absolute Gasteiger partial charge is 0.383 e. The molecule has 0 radical (unpaired) electrons. The molecule has 1 aliphatic carbocycles. The molecule has 0 saturated heterocycles. The fourth-order valence-electron chi connectivity index (χ4n) is 2.89. The first-order chi connectivity index (χ1) is 8.05. The molecule has 1 aromatic heterocycles. The summed E-state index contributed by atoms with van der Waals surface area (Å²) in [5, 5.41) is 6.83. The number of nitrogens with zero attached hydrogens (tertiary/aromatic N) is 1. The second-order valence-electron chi connectivity index (χ2n) is 5.51. The standard InChI is InChI=1S/C13H22N2OS/c1-12(2)10(9-14-5-7-16-4)13(12,3)11-15-6-8-17-11/h6,8,10,14H,5,7,9H2,1-4H3. The van der Waals surface area contributed by atoms with Crippen LogP contribution in [0.25, 0.3) is 0 Å². The van der Waals surface area contributed by atoms with Gasteiger partial charge in [-0.1, -0.05) is 20.8 Å². The van der Waals surface area contributed by atoms with Crippen molar-refractivity contribution in [1.82, 2.24) is 10.3 Å². The highest BCUT2D eigenvalue weighted by Gasteiger charge is 2.69. The first-order valence-corrected chi connectivity index (χ1v) is 7.02. The van der Waals surface area contributed by atoms with E-state index >= 15 is 0 Å². The SMILES string of the molecule is COCCNCC1C(C)(C)C1(C)c1nccs1. The number of methoxy groups -OCH3 is 1. The molecule has 0 bridgehead atoms. The van der Waals surface area contributed by atoms with Crippen LogP contribution in [-0.2, 0) is 10.2 Å². The Morgan fingerprint density at radius 3 is 2.82 bits per heavy atom. The summed E-state index contributed by atoms with van der Waals surface area (Å²) in [5.74, 6) is 0.665. The maximum Gasteiger partial charge on any atom is 0.0992 e. The first-order valence-electron chi connectivity index (χ1n) is 6.14. The smallest absolute Gasteiger partial charge is 0.0992 e. The average Bonchev–Trinajstić information content (AvgIpc) is 2.73. The predicted octanol–water partition coefficient (Wildman–Crippen LogP) is 2.29. The molecular formula is C13H22N2OS. The highest BCUT2D eigenvalue weighted by Crippen LogP contribution is 2.69. The van der Waals surface area contributed by atoms with Crippen LogP contribution >= 0.6 is 11.3 Å². The summed E-state index contributed by atoms with van der Waals surface area (Å²) in [6.45, 7) is 9.78. The van der Waals surface area contributed by atoms with Gasteiger partial charge in [-0.2, -0.15) is 0 Å². The van der Waals surface area contributed by atoms with E-state index in [0.29, 0.717) is 11.3 Å². The summed E-state index contributed by atoms with van der Waals surface area (Å²) in [4.78, 5) is 4.51. The molecule has 2 rings (SSSR count). The van der Waals surface area contributed by atoms with E-state index in [1.54, 1.807) is 18.4 Å². The zero-order chi connectivity index (χ0) is 12.5. The van der Waals surface area contributed by atoms with Gasteiger partial charge in [0.15, 0.2) is 0 Å². The summed E-state index contributed by atoms with van der Waals surface area (Å²) in [6.07, 6.45) is 1.91. The second-order valence-corrected chi connectivity index (χ2v) is 6.41. The van der Waals surface area contributed by atoms with Crippen LogP contribution in [-0.4, -0.2) is 31.8 Å². The van der Waals surface area contributed by atoms with Crippen LogP contribution < -0.4 is 5.32 Å². The van der Waals surface area contributed by atoms with Crippen LogP contribution in [0.15, 0.2) is 11.6 Å². The van der Waals surface area contributed by atoms with Crippen molar-refractivity contribution in [2.24, 2.45) is 11.3 Å². The highest BCUT2D eigenvalue weighted by molar-refractivity contribution is 7.09. The topological polar surface area (TPSA) is 34.1 Å². The van der Waals surface area contributed by atoms with Gasteiger partial charge in [0.2, 0.25) is 0 Å². The molecule has 0 spiro atoms. The Kier molecular flexibility index (Phi) is 3.57. The molecule has 2 unspecified atom stereocenters. The summed E-state index contributed by atoms with van der Waals surface area (Å²) >= 11 is 1.78. The summed E-state index contributed by atoms with van der Waals surface area (Å²) in [6, 6.07) is 0. The Hall–Kier alpha value is -0.450. The minimum Gasteiger partial charge on any atom is -0.383 e. The van der Waals surface area contributed by atoms with Gasteiger partial charge < -0.3 is 10.1 Å². The van der Waals surface area contributed by atoms with Gasteiger partial charge in [-0.25, -0.2) is 4.98 Å². The van der Waals surface area contributed by atoms with Gasteiger partial charge in [0.05, 0.1) is 11.6 Å². The quantitative estimate of drug-likeness (QED) is 0.791. The molecule has 1 aromatic rings. The second kappa shape index (κ2) is 4.67. The molecule has 1 heterocycles. The Morgan fingerprint density at radius 2 is 2.24 bits per heavy atom. The number of aromatic nitrogens is 1. The van der Waals surface area contributed by atoms with Gasteiger partial charge in [-0.3, -0.25) is 0 Å². The maximum atomic E-state index is 5.05. The van der Waals surface area contributed by atoms with Gasteiger partial charge in [0.25, 0.3) is 0 Å². The minimum absolute atomic E-state index is 0.237. The van der Waals surface area contributed by atoms with Gasteiger partial charge in [0, 0.05) is 30.6 Å². The molecule has 0 amide bonds. The molecule has 4 heteroatoms. The summed E-state index contributed by atoms with van der Waals surface area (Å²) in [7, 11) is 1.74. The number of thiazole rings is 1. The fourth-order valence-corrected chi connectivity index (χ4v) is 3.91. The van der Waals surface area contributed by atoms with Crippen molar-refractivity contribution >= 4 is 11.3 Å². The average molecular weight is 254 g/mol. The van der Waals surface area contributed by atoms with Crippen LogP contribution in [0, 0.1) is 11.3 Å². The van der Waals surface area contributed by atoms with E-state index in [1.807, 2.05) is 6.20 Å². The lowest BCUT2D eigenvalue weighted by Crippen LogP contribution is -2.24. The Bertz CT molecular complexity index is 364. The van der Waals surface area contributed by atoms with Crippen molar-refractivity contribution < 1.29 is 4.74 Å². The van der Waals surface area contributed by atoms with Crippen LogP contribution in [0.3, 0.4) is 0 Å². The third kappa shape index (κ3) is 2.02. The fraction of sp³-hybridized carbons (Fsp3) is 0.769. The van der Waals surface area contributed by atoms with Crippen LogP contribution in [0.1, 0.15) is 25.8 Å². The third-order valence-electron chi connectivity index (χ3n) is 4.53. The van der Waals surface area contributed by atoms with Gasteiger partial charge in [-0.15, -0.1) is 11.3 Å². The van der Waals surface area contributed by atoms with Crippen LogP contribution in [0.2, 0.25) is 0 Å². The van der Waals surface area contributed by atoms with Crippen molar-refractivity contribution in [2.45, 2.75) is 26.2 Å². The zero-order valence-electron chi connectivity index (χ0n) is 11.1. The molecule has 17 heavy (non-hydrogen) atoms. The van der Waals surface area contributed by atoms with Crippen LogP contribution in [0.4, 0.5) is 0 Å². The number of ether oxygens (including phenoxy) is 1. The summed E-state index contributed by atoms with van der Waals surface area (Å²) in [5.41, 5.74) is 0.576. The first kappa shape index (κ1) is 13.0. The van der Waals surface area contributed by atoms with E-state index in [1.165, 1.54) is 5.01 Å². The zero-order valence-corrected chi connectivity index (χ0v) is 11.9. The van der Waals surface area contributed by atoms with E-state index in [2.05, 4.69) is 36.5 Å². The van der Waals surface area contributed by atoms with Gasteiger partial charge in [0.1, 0.15) is 0 Å². The van der Waals surface area contributed by atoms with Crippen molar-refractivity contribution in [3.8, 4) is 0 Å². The van der Waals surface area contributed by atoms with Crippen molar-refractivity contribution in [1.29, 1.82) is 0 Å². The third-order valence-corrected chi connectivity index (χ3v) is 5.54. The van der Waals surface area contributed by atoms with E-state index in [4.69, 9.17) is 4.74 Å². The molecule has 1 N–H and O–H groups in total.